The van der Waals surface area contributed by atoms with E-state index >= 15 is 0 Å². The summed E-state index contributed by atoms with van der Waals surface area (Å²) in [6.45, 7) is 7.47. The SMILES string of the molecule is Cc1c(Nc2ccc(C#N)cc2Cl)ncnc1OC1CC2C=CC(C1)N2C(=O)OC(C)(C)C. The van der Waals surface area contributed by atoms with Crippen molar-refractivity contribution < 1.29 is 14.3 Å². The molecule has 4 rings (SSSR count). The molecule has 1 saturated heterocycles. The third kappa shape index (κ3) is 5.04. The standard InChI is InChI=1S/C24H26ClN5O3/c1-14-21(29-20-8-5-15(12-26)9-19(20)25)27-13-28-22(14)32-18-10-16-6-7-17(11-18)30(16)23(31)33-24(2,3)4/h5-9,13,16-18H,10-11H2,1-4H3,(H,27,28,29). The summed E-state index contributed by atoms with van der Waals surface area (Å²) in [5.74, 6) is 1.05. The number of carbonyl (C=O) groups is 1. The minimum Gasteiger partial charge on any atom is -0.474 e. The Bertz CT molecular complexity index is 1120. The average Bonchev–Trinajstić information content (AvgIpc) is 3.02. The van der Waals surface area contributed by atoms with Gasteiger partial charge in [-0.1, -0.05) is 23.8 Å². The lowest BCUT2D eigenvalue weighted by Crippen LogP contribution is -2.51. The van der Waals surface area contributed by atoms with Crippen LogP contribution in [0.2, 0.25) is 5.02 Å². The summed E-state index contributed by atoms with van der Waals surface area (Å²) >= 11 is 6.29. The minimum atomic E-state index is -0.539. The highest BCUT2D eigenvalue weighted by molar-refractivity contribution is 6.33. The van der Waals surface area contributed by atoms with Crippen molar-refractivity contribution in [2.45, 2.75) is 64.3 Å². The van der Waals surface area contributed by atoms with Gasteiger partial charge < -0.3 is 14.8 Å². The fourth-order valence-electron chi connectivity index (χ4n) is 4.04. The Hall–Kier alpha value is -3.31. The van der Waals surface area contributed by atoms with Gasteiger partial charge in [0.25, 0.3) is 0 Å². The van der Waals surface area contributed by atoms with Gasteiger partial charge >= 0.3 is 6.09 Å². The van der Waals surface area contributed by atoms with E-state index in [1.165, 1.54) is 6.33 Å². The Balaban J connectivity index is 1.45. The first-order valence-electron chi connectivity index (χ1n) is 10.8. The van der Waals surface area contributed by atoms with Crippen molar-refractivity contribution in [3.05, 3.63) is 52.8 Å². The molecule has 172 valence electrons. The van der Waals surface area contributed by atoms with Crippen molar-refractivity contribution in [2.24, 2.45) is 0 Å². The van der Waals surface area contributed by atoms with Crippen LogP contribution in [0.25, 0.3) is 0 Å². The second kappa shape index (κ2) is 8.91. The maximum Gasteiger partial charge on any atom is 0.411 e. The summed E-state index contributed by atoms with van der Waals surface area (Å²) < 4.78 is 11.8. The molecule has 1 aromatic carbocycles. The molecule has 9 heteroatoms. The summed E-state index contributed by atoms with van der Waals surface area (Å²) in [6, 6.07) is 6.94. The Morgan fingerprint density at radius 2 is 1.94 bits per heavy atom. The number of hydrogen-bond acceptors (Lipinski definition) is 7. The van der Waals surface area contributed by atoms with Crippen molar-refractivity contribution in [2.75, 3.05) is 5.32 Å². The lowest BCUT2D eigenvalue weighted by atomic mass is 9.99. The Labute approximate surface area is 198 Å². The number of aromatic nitrogens is 2. The van der Waals surface area contributed by atoms with Crippen LogP contribution < -0.4 is 10.1 Å². The van der Waals surface area contributed by atoms with Crippen molar-refractivity contribution >= 4 is 29.2 Å². The zero-order valence-corrected chi connectivity index (χ0v) is 19.8. The van der Waals surface area contributed by atoms with Gasteiger partial charge in [-0.3, -0.25) is 4.90 Å². The van der Waals surface area contributed by atoms with Gasteiger partial charge in [-0.2, -0.15) is 5.26 Å². The monoisotopic (exact) mass is 467 g/mol. The van der Waals surface area contributed by atoms with E-state index in [1.807, 2.05) is 39.8 Å². The largest absolute Gasteiger partial charge is 0.474 e. The molecule has 1 aromatic heterocycles. The van der Waals surface area contributed by atoms with Gasteiger partial charge in [0, 0.05) is 12.8 Å². The molecule has 0 spiro atoms. The van der Waals surface area contributed by atoms with Crippen molar-refractivity contribution in [1.82, 2.24) is 14.9 Å². The number of rotatable bonds is 4. The van der Waals surface area contributed by atoms with Gasteiger partial charge in [0.15, 0.2) is 0 Å². The van der Waals surface area contributed by atoms with Crippen LogP contribution in [0.15, 0.2) is 36.7 Å². The first-order valence-corrected chi connectivity index (χ1v) is 11.2. The molecule has 3 heterocycles. The number of halogens is 1. The maximum atomic E-state index is 12.6. The number of carbonyl (C=O) groups excluding carboxylic acids is 1. The van der Waals surface area contributed by atoms with Crippen molar-refractivity contribution in [3.63, 3.8) is 0 Å². The van der Waals surface area contributed by atoms with Gasteiger partial charge in [-0.15, -0.1) is 0 Å². The number of ether oxygens (including phenoxy) is 2. The number of fused-ring (bicyclic) bond motifs is 2. The summed E-state index contributed by atoms with van der Waals surface area (Å²) in [5.41, 5.74) is 1.32. The number of nitrogens with zero attached hydrogens (tertiary/aromatic N) is 4. The zero-order valence-electron chi connectivity index (χ0n) is 19.0. The predicted octanol–water partition coefficient (Wildman–Crippen LogP) is 5.14. The fourth-order valence-corrected chi connectivity index (χ4v) is 4.27. The van der Waals surface area contributed by atoms with E-state index < -0.39 is 5.60 Å². The average molecular weight is 468 g/mol. The van der Waals surface area contributed by atoms with Crippen LogP contribution in [0.4, 0.5) is 16.3 Å². The predicted molar refractivity (Wildman–Crippen MR) is 125 cm³/mol. The van der Waals surface area contributed by atoms with E-state index in [-0.39, 0.29) is 24.3 Å². The van der Waals surface area contributed by atoms with Crippen LogP contribution in [0, 0.1) is 18.3 Å². The van der Waals surface area contributed by atoms with E-state index in [0.29, 0.717) is 40.8 Å². The fraction of sp³-hybridized carbons (Fsp3) is 0.417. The summed E-state index contributed by atoms with van der Waals surface area (Å²) in [5, 5.41) is 12.6. The quantitative estimate of drug-likeness (QED) is 0.621. The first-order chi connectivity index (χ1) is 15.6. The summed E-state index contributed by atoms with van der Waals surface area (Å²) in [4.78, 5) is 23.1. The molecule has 2 aliphatic heterocycles. The number of hydrogen-bond donors (Lipinski definition) is 1. The molecule has 2 atom stereocenters. The minimum absolute atomic E-state index is 0.0687. The number of benzene rings is 1. The third-order valence-electron chi connectivity index (χ3n) is 5.55. The van der Waals surface area contributed by atoms with Crippen LogP contribution >= 0.6 is 11.6 Å². The highest BCUT2D eigenvalue weighted by Gasteiger charge is 2.42. The van der Waals surface area contributed by atoms with E-state index in [4.69, 9.17) is 26.3 Å². The third-order valence-corrected chi connectivity index (χ3v) is 5.86. The molecule has 8 nitrogen and oxygen atoms in total. The molecule has 2 unspecified atom stereocenters. The molecule has 2 aromatic rings. The van der Waals surface area contributed by atoms with Gasteiger partial charge in [-0.05, 0) is 45.9 Å². The Morgan fingerprint density at radius 3 is 2.55 bits per heavy atom. The van der Waals surface area contributed by atoms with Crippen molar-refractivity contribution in [1.29, 1.82) is 5.26 Å². The zero-order chi connectivity index (χ0) is 23.8. The van der Waals surface area contributed by atoms with Crippen LogP contribution in [0.3, 0.4) is 0 Å². The van der Waals surface area contributed by atoms with Crippen LogP contribution in [-0.2, 0) is 4.74 Å². The van der Waals surface area contributed by atoms with Gasteiger partial charge in [0.05, 0.1) is 40.0 Å². The molecule has 0 saturated carbocycles. The number of nitriles is 1. The molecular formula is C24H26ClN5O3. The molecule has 0 aliphatic carbocycles. The van der Waals surface area contributed by atoms with Gasteiger partial charge in [0.2, 0.25) is 5.88 Å². The molecule has 2 bridgehead atoms. The van der Waals surface area contributed by atoms with Crippen LogP contribution in [0.5, 0.6) is 5.88 Å². The van der Waals surface area contributed by atoms with E-state index in [1.54, 1.807) is 23.1 Å². The number of nitrogens with one attached hydrogen (secondary N) is 1. The second-order valence-corrected chi connectivity index (χ2v) is 9.61. The lowest BCUT2D eigenvalue weighted by Gasteiger charge is -2.39. The maximum absolute atomic E-state index is 12.6. The summed E-state index contributed by atoms with van der Waals surface area (Å²) in [6.07, 6.45) is 6.43. The second-order valence-electron chi connectivity index (χ2n) is 9.20. The number of piperidine rings is 1. The van der Waals surface area contributed by atoms with Crippen LogP contribution in [-0.4, -0.2) is 44.7 Å². The normalized spacial score (nSPS) is 21.5. The van der Waals surface area contributed by atoms with E-state index in [2.05, 4.69) is 21.4 Å². The van der Waals surface area contributed by atoms with E-state index in [0.717, 1.165) is 5.56 Å². The summed E-state index contributed by atoms with van der Waals surface area (Å²) in [7, 11) is 0. The highest BCUT2D eigenvalue weighted by Crippen LogP contribution is 2.35. The molecule has 1 amide bonds. The molecular weight excluding hydrogens is 442 g/mol. The smallest absolute Gasteiger partial charge is 0.411 e. The molecule has 1 fully saturated rings. The molecule has 33 heavy (non-hydrogen) atoms. The topological polar surface area (TPSA) is 100 Å². The highest BCUT2D eigenvalue weighted by atomic mass is 35.5. The van der Waals surface area contributed by atoms with E-state index in [9.17, 15) is 4.79 Å². The van der Waals surface area contributed by atoms with Gasteiger partial charge in [0.1, 0.15) is 23.9 Å². The van der Waals surface area contributed by atoms with Crippen LogP contribution in [0.1, 0.15) is 44.7 Å². The number of anilines is 2. The molecule has 0 radical (unpaired) electrons. The lowest BCUT2D eigenvalue weighted by molar-refractivity contribution is -0.00371. The Morgan fingerprint density at radius 1 is 1.24 bits per heavy atom. The Kier molecular flexibility index (Phi) is 6.17. The molecule has 2 aliphatic rings. The number of amides is 1. The van der Waals surface area contributed by atoms with Crippen molar-refractivity contribution in [3.8, 4) is 11.9 Å². The van der Waals surface area contributed by atoms with Gasteiger partial charge in [-0.25, -0.2) is 14.8 Å². The molecule has 1 N–H and O–H groups in total. The first kappa shape index (κ1) is 22.9.